The van der Waals surface area contributed by atoms with Gasteiger partial charge in [-0.1, -0.05) is 18.2 Å². The van der Waals surface area contributed by atoms with E-state index in [9.17, 15) is 4.79 Å². The molecule has 1 amide bonds. The van der Waals surface area contributed by atoms with Crippen molar-refractivity contribution in [3.8, 4) is 0 Å². The maximum Gasteiger partial charge on any atom is 0.257 e. The van der Waals surface area contributed by atoms with Gasteiger partial charge in [0.2, 0.25) is 0 Å². The molecule has 0 fully saturated rings. The van der Waals surface area contributed by atoms with Crippen LogP contribution in [0.5, 0.6) is 0 Å². The van der Waals surface area contributed by atoms with Crippen molar-refractivity contribution in [1.29, 1.82) is 0 Å². The molecule has 3 nitrogen and oxygen atoms in total. The van der Waals surface area contributed by atoms with Gasteiger partial charge in [0.1, 0.15) is 0 Å². The van der Waals surface area contributed by atoms with Gasteiger partial charge in [0, 0.05) is 23.3 Å². The topological polar surface area (TPSA) is 34.0 Å². The lowest BCUT2D eigenvalue weighted by molar-refractivity contribution is 0.102. The first-order valence-corrected chi connectivity index (χ1v) is 6.62. The van der Waals surface area contributed by atoms with Crippen LogP contribution in [-0.4, -0.2) is 10.5 Å². The minimum atomic E-state index is -0.0209. The fourth-order valence-corrected chi connectivity index (χ4v) is 3.00. The lowest BCUT2D eigenvalue weighted by Crippen LogP contribution is -2.12. The molecule has 17 heavy (non-hydrogen) atoms. The molecule has 86 valence electrons. The molecule has 2 aromatic rings. The van der Waals surface area contributed by atoms with Crippen molar-refractivity contribution in [2.24, 2.45) is 0 Å². The summed E-state index contributed by atoms with van der Waals surface area (Å²) in [5.74, 6) is 1.85. The lowest BCUT2D eigenvalue weighted by Gasteiger charge is -2.04. The third-order valence-corrected chi connectivity index (χ3v) is 3.76. The molecule has 0 spiro atoms. The Morgan fingerprint density at radius 3 is 2.88 bits per heavy atom. The number of thioether (sulfide) groups is 1. The Morgan fingerprint density at radius 1 is 1.24 bits per heavy atom. The molecule has 0 saturated carbocycles. The molecule has 0 atom stereocenters. The smallest absolute Gasteiger partial charge is 0.257 e. The third kappa shape index (κ3) is 1.96. The highest BCUT2D eigenvalue weighted by molar-refractivity contribution is 7.97. The molecule has 0 bridgehead atoms. The van der Waals surface area contributed by atoms with Crippen molar-refractivity contribution in [1.82, 2.24) is 4.57 Å². The summed E-state index contributed by atoms with van der Waals surface area (Å²) in [7, 11) is 0. The molecule has 3 rings (SSSR count). The summed E-state index contributed by atoms with van der Waals surface area (Å²) in [5.41, 5.74) is 2.75. The zero-order chi connectivity index (χ0) is 11.7. The van der Waals surface area contributed by atoms with Crippen LogP contribution in [0.25, 0.3) is 0 Å². The molecule has 1 aromatic heterocycles. The molecule has 1 aliphatic rings. The number of aromatic nitrogens is 1. The van der Waals surface area contributed by atoms with Crippen molar-refractivity contribution in [3.63, 3.8) is 0 Å². The number of para-hydroxylation sites is 1. The number of nitrogens with zero attached hydrogens (tertiary/aromatic N) is 1. The van der Waals surface area contributed by atoms with Gasteiger partial charge >= 0.3 is 0 Å². The van der Waals surface area contributed by atoms with Crippen molar-refractivity contribution >= 4 is 23.4 Å². The predicted molar refractivity (Wildman–Crippen MR) is 70.1 cm³/mol. The van der Waals surface area contributed by atoms with Crippen molar-refractivity contribution in [2.75, 3.05) is 5.32 Å². The fourth-order valence-electron chi connectivity index (χ4n) is 1.95. The number of rotatable bonds is 2. The minimum absolute atomic E-state index is 0.0209. The molecule has 1 aromatic carbocycles. The van der Waals surface area contributed by atoms with E-state index in [0.717, 1.165) is 28.6 Å². The van der Waals surface area contributed by atoms with E-state index >= 15 is 0 Å². The second-order valence-corrected chi connectivity index (χ2v) is 4.90. The lowest BCUT2D eigenvalue weighted by atomic mass is 10.2. The first-order valence-electron chi connectivity index (χ1n) is 5.47. The molecular weight excluding hydrogens is 232 g/mol. The molecule has 4 heteroatoms. The summed E-state index contributed by atoms with van der Waals surface area (Å²) < 4.78 is 2.13. The van der Waals surface area contributed by atoms with Gasteiger partial charge in [-0.15, -0.1) is 11.8 Å². The summed E-state index contributed by atoms with van der Waals surface area (Å²) in [6, 6.07) is 11.4. The van der Waals surface area contributed by atoms with Crippen LogP contribution in [0.15, 0.2) is 42.6 Å². The van der Waals surface area contributed by atoms with Crippen molar-refractivity contribution in [2.45, 2.75) is 11.6 Å². The summed E-state index contributed by atoms with van der Waals surface area (Å²) >= 11 is 1.83. The van der Waals surface area contributed by atoms with Crippen LogP contribution in [0.1, 0.15) is 16.1 Å². The molecule has 2 heterocycles. The number of benzene rings is 1. The van der Waals surface area contributed by atoms with E-state index in [0.29, 0.717) is 0 Å². The molecule has 0 saturated heterocycles. The van der Waals surface area contributed by atoms with Crippen molar-refractivity contribution < 1.29 is 4.79 Å². The number of amides is 1. The average Bonchev–Trinajstić information content (AvgIpc) is 2.91. The monoisotopic (exact) mass is 244 g/mol. The SMILES string of the molecule is O=C(Nc1ccccc1)c1ccn2c1CSC2. The molecule has 0 unspecified atom stereocenters. The Morgan fingerprint density at radius 2 is 2.06 bits per heavy atom. The number of carbonyl (C=O) groups is 1. The van der Waals surface area contributed by atoms with Gasteiger partial charge in [-0.3, -0.25) is 4.79 Å². The quantitative estimate of drug-likeness (QED) is 0.881. The Bertz CT molecular complexity index is 548. The molecule has 0 radical (unpaired) electrons. The first kappa shape index (κ1) is 10.5. The summed E-state index contributed by atoms with van der Waals surface area (Å²) in [4.78, 5) is 12.1. The summed E-state index contributed by atoms with van der Waals surface area (Å²) in [6.07, 6.45) is 1.98. The van der Waals surface area contributed by atoms with Gasteiger partial charge in [-0.2, -0.15) is 0 Å². The van der Waals surface area contributed by atoms with Gasteiger partial charge in [0.15, 0.2) is 0 Å². The van der Waals surface area contributed by atoms with Gasteiger partial charge in [-0.25, -0.2) is 0 Å². The molecule has 0 aliphatic carbocycles. The van der Waals surface area contributed by atoms with Crippen LogP contribution in [0.4, 0.5) is 5.69 Å². The zero-order valence-corrected chi connectivity index (χ0v) is 10.0. The van der Waals surface area contributed by atoms with E-state index in [1.54, 1.807) is 0 Å². The Hall–Kier alpha value is -1.68. The molecular formula is C13H12N2OS. The van der Waals surface area contributed by atoms with Gasteiger partial charge in [0.25, 0.3) is 5.91 Å². The Balaban J connectivity index is 1.83. The van der Waals surface area contributed by atoms with E-state index in [1.807, 2.05) is 54.4 Å². The van der Waals surface area contributed by atoms with Crippen molar-refractivity contribution in [3.05, 3.63) is 53.9 Å². The number of nitrogens with one attached hydrogen (secondary N) is 1. The molecule has 1 aliphatic heterocycles. The van der Waals surface area contributed by atoms with E-state index < -0.39 is 0 Å². The number of carbonyl (C=O) groups excluding carboxylic acids is 1. The highest BCUT2D eigenvalue weighted by atomic mass is 32.2. The van der Waals surface area contributed by atoms with Gasteiger partial charge in [-0.05, 0) is 18.2 Å². The van der Waals surface area contributed by atoms with Crippen LogP contribution < -0.4 is 5.32 Å². The first-order chi connectivity index (χ1) is 8.34. The predicted octanol–water partition coefficient (Wildman–Crippen LogP) is 2.94. The van der Waals surface area contributed by atoms with Crippen LogP contribution in [0.2, 0.25) is 0 Å². The Kier molecular flexibility index (Phi) is 2.65. The fraction of sp³-hybridized carbons (Fsp3) is 0.154. The largest absolute Gasteiger partial charge is 0.340 e. The van der Waals surface area contributed by atoms with E-state index in [4.69, 9.17) is 0 Å². The minimum Gasteiger partial charge on any atom is -0.340 e. The van der Waals surface area contributed by atoms with E-state index in [-0.39, 0.29) is 5.91 Å². The van der Waals surface area contributed by atoms with Crippen LogP contribution in [0.3, 0.4) is 0 Å². The standard InChI is InChI=1S/C13H12N2OS/c16-13(14-10-4-2-1-3-5-10)11-6-7-15-9-17-8-12(11)15/h1-7H,8-9H2,(H,14,16). The zero-order valence-electron chi connectivity index (χ0n) is 9.22. The van der Waals surface area contributed by atoms with Crippen LogP contribution in [-0.2, 0) is 11.6 Å². The van der Waals surface area contributed by atoms with Crippen LogP contribution in [0, 0.1) is 0 Å². The highest BCUT2D eigenvalue weighted by Gasteiger charge is 2.19. The second kappa shape index (κ2) is 4.30. The van der Waals surface area contributed by atoms with E-state index in [2.05, 4.69) is 9.88 Å². The number of anilines is 1. The van der Waals surface area contributed by atoms with Gasteiger partial charge in [0.05, 0.1) is 11.4 Å². The average molecular weight is 244 g/mol. The number of hydrogen-bond acceptors (Lipinski definition) is 2. The second-order valence-electron chi connectivity index (χ2n) is 3.94. The number of hydrogen-bond donors (Lipinski definition) is 1. The summed E-state index contributed by atoms with van der Waals surface area (Å²) in [6.45, 7) is 0. The molecule has 1 N–H and O–H groups in total. The van der Waals surface area contributed by atoms with E-state index in [1.165, 1.54) is 0 Å². The van der Waals surface area contributed by atoms with Gasteiger partial charge < -0.3 is 9.88 Å². The number of fused-ring (bicyclic) bond motifs is 1. The maximum atomic E-state index is 12.1. The maximum absolute atomic E-state index is 12.1. The van der Waals surface area contributed by atoms with Crippen LogP contribution >= 0.6 is 11.8 Å². The summed E-state index contributed by atoms with van der Waals surface area (Å²) in [5, 5.41) is 2.91. The third-order valence-electron chi connectivity index (χ3n) is 2.82. The Labute approximate surface area is 104 Å². The normalized spacial score (nSPS) is 13.4. The highest BCUT2D eigenvalue weighted by Crippen LogP contribution is 2.27.